The van der Waals surface area contributed by atoms with E-state index in [-0.39, 0.29) is 23.9 Å². The largest absolute Gasteiger partial charge is 0.508 e. The van der Waals surface area contributed by atoms with Crippen LogP contribution in [0.1, 0.15) is 77.2 Å². The Balaban J connectivity index is 1.38. The van der Waals surface area contributed by atoms with Crippen LogP contribution in [0, 0.1) is 34.6 Å². The molecule has 0 saturated carbocycles. The molecule has 0 unspecified atom stereocenters. The number of Topliss-reactive ketones (excluding diaryl/α,β-unsaturated/α-hetero) is 2. The van der Waals surface area contributed by atoms with E-state index in [1.807, 2.05) is 39.0 Å². The summed E-state index contributed by atoms with van der Waals surface area (Å²) in [4.78, 5) is 28.1. The van der Waals surface area contributed by atoms with Gasteiger partial charge in [0, 0.05) is 35.1 Å². The van der Waals surface area contributed by atoms with Crippen LogP contribution in [-0.4, -0.2) is 23.3 Å². The average molecular weight is 569 g/mol. The molecule has 4 nitrogen and oxygen atoms in total. The lowest BCUT2D eigenvalue weighted by Gasteiger charge is -2.26. The zero-order valence-electron chi connectivity index (χ0n) is 25.4. The molecule has 4 heteroatoms. The van der Waals surface area contributed by atoms with Gasteiger partial charge in [0.05, 0.1) is 6.61 Å². The molecule has 2 aliphatic rings. The number of aromatic hydroxyl groups is 1. The summed E-state index contributed by atoms with van der Waals surface area (Å²) >= 11 is 0. The summed E-state index contributed by atoms with van der Waals surface area (Å²) in [7, 11) is 0. The summed E-state index contributed by atoms with van der Waals surface area (Å²) < 4.78 is 6.41. The van der Waals surface area contributed by atoms with E-state index >= 15 is 0 Å². The lowest BCUT2D eigenvalue weighted by molar-refractivity contribution is 0.0914. The topological polar surface area (TPSA) is 63.6 Å². The first-order valence-electron chi connectivity index (χ1n) is 14.8. The SMILES string of the molecule is Cc1ccc(C2=C(CCOC3=C(c4ccc(O)cc4)Cc4cc(C)cc(C)c4C3=O)C(=O)c3c(C)cc(C)cc3C2)cc1. The molecular weight excluding hydrogens is 532 g/mol. The number of benzene rings is 4. The maximum absolute atomic E-state index is 14.1. The minimum Gasteiger partial charge on any atom is -0.508 e. The van der Waals surface area contributed by atoms with Crippen LogP contribution in [0.15, 0.2) is 84.1 Å². The summed E-state index contributed by atoms with van der Waals surface area (Å²) in [6, 6.07) is 23.5. The van der Waals surface area contributed by atoms with Gasteiger partial charge in [-0.25, -0.2) is 0 Å². The second-order valence-electron chi connectivity index (χ2n) is 12.0. The molecule has 0 saturated heterocycles. The van der Waals surface area contributed by atoms with Gasteiger partial charge in [-0.05, 0) is 92.1 Å². The van der Waals surface area contributed by atoms with Gasteiger partial charge < -0.3 is 9.84 Å². The van der Waals surface area contributed by atoms with E-state index in [4.69, 9.17) is 4.74 Å². The van der Waals surface area contributed by atoms with Crippen LogP contribution in [0.4, 0.5) is 0 Å². The van der Waals surface area contributed by atoms with E-state index < -0.39 is 0 Å². The van der Waals surface area contributed by atoms with Gasteiger partial charge in [0.15, 0.2) is 11.5 Å². The Morgan fingerprint density at radius 3 is 1.74 bits per heavy atom. The van der Waals surface area contributed by atoms with Crippen molar-refractivity contribution in [2.45, 2.75) is 53.9 Å². The molecule has 0 bridgehead atoms. The number of carbonyl (C=O) groups excluding carboxylic acids is 2. The van der Waals surface area contributed by atoms with E-state index in [2.05, 4.69) is 56.3 Å². The molecule has 6 rings (SSSR count). The van der Waals surface area contributed by atoms with Crippen molar-refractivity contribution in [1.82, 2.24) is 0 Å². The first kappa shape index (κ1) is 28.4. The van der Waals surface area contributed by atoms with Crippen LogP contribution >= 0.6 is 0 Å². The fourth-order valence-corrected chi connectivity index (χ4v) is 6.75. The molecule has 0 spiro atoms. The van der Waals surface area contributed by atoms with Crippen molar-refractivity contribution in [2.24, 2.45) is 0 Å². The van der Waals surface area contributed by atoms with Gasteiger partial charge in [-0.3, -0.25) is 9.59 Å². The Morgan fingerprint density at radius 2 is 1.14 bits per heavy atom. The average Bonchev–Trinajstić information content (AvgIpc) is 2.95. The van der Waals surface area contributed by atoms with Crippen molar-refractivity contribution in [3.63, 3.8) is 0 Å². The van der Waals surface area contributed by atoms with Crippen molar-refractivity contribution in [3.8, 4) is 5.75 Å². The number of allylic oxidation sites excluding steroid dienone is 3. The van der Waals surface area contributed by atoms with Crippen molar-refractivity contribution in [2.75, 3.05) is 6.61 Å². The number of ether oxygens (including phenoxy) is 1. The third-order valence-electron chi connectivity index (χ3n) is 8.64. The molecule has 1 N–H and O–H groups in total. The number of hydrogen-bond acceptors (Lipinski definition) is 4. The Kier molecular flexibility index (Phi) is 7.39. The number of phenols is 1. The Labute approximate surface area is 253 Å². The van der Waals surface area contributed by atoms with Crippen LogP contribution in [0.5, 0.6) is 5.75 Å². The number of fused-ring (bicyclic) bond motifs is 2. The fourth-order valence-electron chi connectivity index (χ4n) is 6.75. The quantitative estimate of drug-likeness (QED) is 0.254. The van der Waals surface area contributed by atoms with Crippen molar-refractivity contribution in [1.29, 1.82) is 0 Å². The molecule has 0 atom stereocenters. The molecule has 4 aromatic carbocycles. The lowest BCUT2D eigenvalue weighted by Crippen LogP contribution is -2.22. The molecule has 0 fully saturated rings. The molecule has 216 valence electrons. The Bertz CT molecular complexity index is 1710. The molecule has 0 radical (unpaired) electrons. The monoisotopic (exact) mass is 568 g/mol. The van der Waals surface area contributed by atoms with Crippen molar-refractivity contribution in [3.05, 3.63) is 145 Å². The molecule has 0 heterocycles. The van der Waals surface area contributed by atoms with Gasteiger partial charge in [-0.15, -0.1) is 0 Å². The highest BCUT2D eigenvalue weighted by atomic mass is 16.5. The smallest absolute Gasteiger partial charge is 0.228 e. The fraction of sp³-hybridized carbons (Fsp3) is 0.231. The first-order chi connectivity index (χ1) is 20.6. The molecular formula is C39H36O4. The standard InChI is InChI=1S/C39H36O4/c1-22-6-8-27(9-7-22)33-20-29-18-23(2)16-25(4)35(29)37(41)32(33)14-15-43-39-34(28-10-12-31(40)13-11-28)21-30-19-24(3)17-26(5)36(30)38(39)42/h6-13,16-19,40H,14-15,20-21H2,1-5H3. The maximum atomic E-state index is 14.1. The Hall–Kier alpha value is -4.70. The van der Waals surface area contributed by atoms with Gasteiger partial charge in [-0.1, -0.05) is 77.4 Å². The minimum absolute atomic E-state index is 0.0392. The number of phenolic OH excluding ortho intramolecular Hbond substituents is 1. The number of ketones is 2. The molecule has 0 aliphatic heterocycles. The van der Waals surface area contributed by atoms with Crippen molar-refractivity contribution < 1.29 is 19.4 Å². The van der Waals surface area contributed by atoms with Gasteiger partial charge >= 0.3 is 0 Å². The number of rotatable bonds is 6. The maximum Gasteiger partial charge on any atom is 0.228 e. The van der Waals surface area contributed by atoms with Crippen LogP contribution < -0.4 is 0 Å². The van der Waals surface area contributed by atoms with Crippen LogP contribution in [0.25, 0.3) is 11.1 Å². The van der Waals surface area contributed by atoms with Gasteiger partial charge in [0.25, 0.3) is 0 Å². The van der Waals surface area contributed by atoms with Crippen LogP contribution in [0.2, 0.25) is 0 Å². The van der Waals surface area contributed by atoms with E-state index in [1.165, 1.54) is 5.56 Å². The van der Waals surface area contributed by atoms with Gasteiger partial charge in [0.1, 0.15) is 5.75 Å². The second-order valence-corrected chi connectivity index (χ2v) is 12.0. The van der Waals surface area contributed by atoms with Gasteiger partial charge in [0.2, 0.25) is 5.78 Å². The van der Waals surface area contributed by atoms with Crippen LogP contribution in [-0.2, 0) is 17.6 Å². The summed E-state index contributed by atoms with van der Waals surface area (Å²) in [6.07, 6.45) is 1.61. The zero-order valence-corrected chi connectivity index (χ0v) is 25.4. The number of aryl methyl sites for hydroxylation is 5. The highest BCUT2D eigenvalue weighted by Gasteiger charge is 2.32. The second kappa shape index (κ2) is 11.2. The Morgan fingerprint density at radius 1 is 0.628 bits per heavy atom. The molecule has 43 heavy (non-hydrogen) atoms. The summed E-state index contributed by atoms with van der Waals surface area (Å²) in [5.41, 5.74) is 13.3. The molecule has 2 aliphatic carbocycles. The van der Waals surface area contributed by atoms with E-state index in [9.17, 15) is 14.7 Å². The zero-order chi connectivity index (χ0) is 30.4. The van der Waals surface area contributed by atoms with E-state index in [0.29, 0.717) is 30.6 Å². The predicted molar refractivity (Wildman–Crippen MR) is 172 cm³/mol. The third-order valence-corrected chi connectivity index (χ3v) is 8.64. The van der Waals surface area contributed by atoms with E-state index in [0.717, 1.165) is 66.8 Å². The van der Waals surface area contributed by atoms with Crippen molar-refractivity contribution >= 4 is 22.7 Å². The van der Waals surface area contributed by atoms with Crippen LogP contribution in [0.3, 0.4) is 0 Å². The molecule has 4 aromatic rings. The highest BCUT2D eigenvalue weighted by Crippen LogP contribution is 2.38. The van der Waals surface area contributed by atoms with E-state index in [1.54, 1.807) is 12.1 Å². The van der Waals surface area contributed by atoms with Gasteiger partial charge in [-0.2, -0.15) is 0 Å². The minimum atomic E-state index is -0.138. The summed E-state index contributed by atoms with van der Waals surface area (Å²) in [5, 5.41) is 9.90. The molecule has 0 aromatic heterocycles. The third kappa shape index (κ3) is 5.34. The predicted octanol–water partition coefficient (Wildman–Crippen LogP) is 8.38. The summed E-state index contributed by atoms with van der Waals surface area (Å²) in [5.74, 6) is 0.384. The lowest BCUT2D eigenvalue weighted by atomic mass is 9.78. The normalized spacial score (nSPS) is 14.6. The summed E-state index contributed by atoms with van der Waals surface area (Å²) in [6.45, 7) is 10.3. The molecule has 0 amide bonds. The number of hydrogen-bond donors (Lipinski definition) is 1. The highest BCUT2D eigenvalue weighted by molar-refractivity contribution is 6.17. The first-order valence-corrected chi connectivity index (χ1v) is 14.8. The number of carbonyl (C=O) groups is 2.